The number of carbonyl (C=O) groups excluding carboxylic acids is 1. The van der Waals surface area contributed by atoms with Gasteiger partial charge in [0.1, 0.15) is 5.60 Å². The van der Waals surface area contributed by atoms with Gasteiger partial charge in [-0.05, 0) is 50.5 Å². The maximum atomic E-state index is 13.0. The molecular formula is C21H23N5O2. The minimum atomic E-state index is -0.988. The van der Waals surface area contributed by atoms with E-state index in [2.05, 4.69) is 15.1 Å². The van der Waals surface area contributed by atoms with E-state index in [1.807, 2.05) is 44.2 Å². The number of nitrogens with zero attached hydrogens (tertiary/aromatic N) is 5. The van der Waals surface area contributed by atoms with Crippen molar-refractivity contribution in [1.82, 2.24) is 24.6 Å². The summed E-state index contributed by atoms with van der Waals surface area (Å²) in [5.41, 5.74) is 2.05. The third kappa shape index (κ3) is 3.29. The number of aryl methyl sites for hydroxylation is 1. The van der Waals surface area contributed by atoms with Gasteiger partial charge in [-0.2, -0.15) is 5.10 Å². The summed E-state index contributed by atoms with van der Waals surface area (Å²) in [6, 6.07) is 9.40. The topological polar surface area (TPSA) is 84.1 Å². The first-order valence-corrected chi connectivity index (χ1v) is 9.39. The molecule has 0 unspecified atom stereocenters. The van der Waals surface area contributed by atoms with E-state index in [0.29, 0.717) is 43.0 Å². The summed E-state index contributed by atoms with van der Waals surface area (Å²) in [7, 11) is 0. The van der Waals surface area contributed by atoms with Crippen LogP contribution in [0, 0.1) is 13.8 Å². The molecule has 1 amide bonds. The Morgan fingerprint density at radius 1 is 1.07 bits per heavy atom. The monoisotopic (exact) mass is 377 g/mol. The van der Waals surface area contributed by atoms with Crippen molar-refractivity contribution in [3.63, 3.8) is 0 Å². The molecular weight excluding hydrogens is 354 g/mol. The highest BCUT2D eigenvalue weighted by Gasteiger charge is 2.37. The normalized spacial score (nSPS) is 16.2. The number of carbonyl (C=O) groups is 1. The molecule has 4 rings (SSSR count). The number of amides is 1. The molecule has 0 radical (unpaired) electrons. The molecule has 1 aliphatic heterocycles. The van der Waals surface area contributed by atoms with Crippen LogP contribution in [-0.4, -0.2) is 48.8 Å². The maximum Gasteiger partial charge on any atom is 0.257 e. The van der Waals surface area contributed by atoms with Crippen LogP contribution in [0.25, 0.3) is 5.82 Å². The summed E-state index contributed by atoms with van der Waals surface area (Å²) in [6.45, 7) is 4.78. The highest BCUT2D eigenvalue weighted by molar-refractivity contribution is 5.95. The number of likely N-dealkylation sites (tertiary alicyclic amines) is 1. The number of aliphatic hydroxyl groups is 1. The summed E-state index contributed by atoms with van der Waals surface area (Å²) in [4.78, 5) is 23.5. The van der Waals surface area contributed by atoms with Crippen molar-refractivity contribution in [2.24, 2.45) is 0 Å². The van der Waals surface area contributed by atoms with Crippen LogP contribution < -0.4 is 0 Å². The van der Waals surface area contributed by atoms with Gasteiger partial charge in [0.05, 0.1) is 23.1 Å². The highest BCUT2D eigenvalue weighted by Crippen LogP contribution is 2.32. The lowest BCUT2D eigenvalue weighted by Gasteiger charge is -2.37. The third-order valence-corrected chi connectivity index (χ3v) is 5.37. The molecule has 0 aliphatic carbocycles. The lowest BCUT2D eigenvalue weighted by Crippen LogP contribution is -2.45. The van der Waals surface area contributed by atoms with Crippen LogP contribution in [0.2, 0.25) is 0 Å². The fourth-order valence-electron chi connectivity index (χ4n) is 3.58. The van der Waals surface area contributed by atoms with Gasteiger partial charge in [0.15, 0.2) is 5.82 Å². The molecule has 1 aliphatic rings. The Bertz CT molecular complexity index is 974. The summed E-state index contributed by atoms with van der Waals surface area (Å²) in [5, 5.41) is 15.3. The molecule has 144 valence electrons. The zero-order chi connectivity index (χ0) is 19.7. The molecule has 1 N–H and O–H groups in total. The van der Waals surface area contributed by atoms with Crippen molar-refractivity contribution in [2.45, 2.75) is 32.3 Å². The summed E-state index contributed by atoms with van der Waals surface area (Å²) < 4.78 is 1.67. The lowest BCUT2D eigenvalue weighted by atomic mass is 9.87. The Morgan fingerprint density at radius 2 is 1.86 bits per heavy atom. The lowest BCUT2D eigenvalue weighted by molar-refractivity contribution is -0.0244. The van der Waals surface area contributed by atoms with E-state index in [4.69, 9.17) is 0 Å². The molecule has 4 heterocycles. The van der Waals surface area contributed by atoms with Crippen molar-refractivity contribution >= 4 is 5.91 Å². The van der Waals surface area contributed by atoms with E-state index < -0.39 is 5.60 Å². The number of rotatable bonds is 3. The second-order valence-electron chi connectivity index (χ2n) is 7.29. The number of pyridine rings is 2. The first-order valence-electron chi connectivity index (χ1n) is 9.39. The number of hydrogen-bond donors (Lipinski definition) is 1. The quantitative estimate of drug-likeness (QED) is 0.758. The molecule has 0 bridgehead atoms. The molecule has 28 heavy (non-hydrogen) atoms. The Kier molecular flexibility index (Phi) is 4.68. The minimum Gasteiger partial charge on any atom is -0.383 e. The van der Waals surface area contributed by atoms with Gasteiger partial charge in [0, 0.05) is 25.5 Å². The van der Waals surface area contributed by atoms with Gasteiger partial charge in [-0.15, -0.1) is 0 Å². The zero-order valence-corrected chi connectivity index (χ0v) is 16.0. The number of aromatic nitrogens is 4. The van der Waals surface area contributed by atoms with Crippen LogP contribution in [0.1, 0.15) is 40.2 Å². The van der Waals surface area contributed by atoms with Crippen LogP contribution in [0.4, 0.5) is 0 Å². The molecule has 0 spiro atoms. The van der Waals surface area contributed by atoms with Crippen LogP contribution in [-0.2, 0) is 5.60 Å². The smallest absolute Gasteiger partial charge is 0.257 e. The molecule has 1 saturated heterocycles. The first-order chi connectivity index (χ1) is 13.5. The molecule has 0 saturated carbocycles. The fourth-order valence-corrected chi connectivity index (χ4v) is 3.58. The van der Waals surface area contributed by atoms with Crippen LogP contribution in [0.15, 0.2) is 48.9 Å². The fraction of sp³-hybridized carbons (Fsp3) is 0.333. The predicted octanol–water partition coefficient (Wildman–Crippen LogP) is 2.40. The second-order valence-corrected chi connectivity index (χ2v) is 7.29. The van der Waals surface area contributed by atoms with Crippen molar-refractivity contribution in [2.75, 3.05) is 13.1 Å². The van der Waals surface area contributed by atoms with Gasteiger partial charge >= 0.3 is 0 Å². The predicted molar refractivity (Wildman–Crippen MR) is 104 cm³/mol. The summed E-state index contributed by atoms with van der Waals surface area (Å²) in [6.07, 6.45) is 5.97. The average Bonchev–Trinajstić information content (AvgIpc) is 3.10. The van der Waals surface area contributed by atoms with E-state index in [9.17, 15) is 9.90 Å². The molecule has 7 nitrogen and oxygen atoms in total. The highest BCUT2D eigenvalue weighted by atomic mass is 16.3. The van der Waals surface area contributed by atoms with Gasteiger partial charge in [0.25, 0.3) is 5.91 Å². The van der Waals surface area contributed by atoms with Crippen molar-refractivity contribution < 1.29 is 9.90 Å². The van der Waals surface area contributed by atoms with Gasteiger partial charge in [0.2, 0.25) is 0 Å². The van der Waals surface area contributed by atoms with Crippen molar-refractivity contribution in [1.29, 1.82) is 0 Å². The Labute approximate surface area is 163 Å². The van der Waals surface area contributed by atoms with E-state index in [1.165, 1.54) is 0 Å². The van der Waals surface area contributed by atoms with Gasteiger partial charge in [-0.1, -0.05) is 12.1 Å². The number of hydrogen-bond acceptors (Lipinski definition) is 5. The first kappa shape index (κ1) is 18.3. The SMILES string of the molecule is Cc1ccc(C2(O)CCN(C(=O)c3cnn(-c4ccccn4)c3C)CC2)nc1. The third-order valence-electron chi connectivity index (χ3n) is 5.37. The average molecular weight is 377 g/mol. The largest absolute Gasteiger partial charge is 0.383 e. The molecule has 3 aromatic rings. The van der Waals surface area contributed by atoms with E-state index in [0.717, 1.165) is 11.3 Å². The molecule has 0 aromatic carbocycles. The molecule has 1 fully saturated rings. The Morgan fingerprint density at radius 3 is 2.50 bits per heavy atom. The Hall–Kier alpha value is -3.06. The summed E-state index contributed by atoms with van der Waals surface area (Å²) >= 11 is 0. The molecule has 0 atom stereocenters. The molecule has 7 heteroatoms. The van der Waals surface area contributed by atoms with Crippen LogP contribution in [0.3, 0.4) is 0 Å². The Balaban J connectivity index is 1.49. The van der Waals surface area contributed by atoms with Crippen molar-refractivity contribution in [3.05, 3.63) is 71.4 Å². The van der Waals surface area contributed by atoms with Crippen molar-refractivity contribution in [3.8, 4) is 5.82 Å². The second kappa shape index (κ2) is 7.16. The van der Waals surface area contributed by atoms with Gasteiger partial charge in [-0.25, -0.2) is 9.67 Å². The van der Waals surface area contributed by atoms with Gasteiger partial charge < -0.3 is 10.0 Å². The summed E-state index contributed by atoms with van der Waals surface area (Å²) in [5.74, 6) is 0.608. The van der Waals surface area contributed by atoms with E-state index >= 15 is 0 Å². The number of piperidine rings is 1. The maximum absolute atomic E-state index is 13.0. The van der Waals surface area contributed by atoms with Crippen LogP contribution in [0.5, 0.6) is 0 Å². The van der Waals surface area contributed by atoms with E-state index in [-0.39, 0.29) is 5.91 Å². The van der Waals surface area contributed by atoms with E-state index in [1.54, 1.807) is 28.2 Å². The van der Waals surface area contributed by atoms with Gasteiger partial charge in [-0.3, -0.25) is 9.78 Å². The zero-order valence-electron chi connectivity index (χ0n) is 16.0. The van der Waals surface area contributed by atoms with Crippen LogP contribution >= 0.6 is 0 Å². The standard InChI is InChI=1S/C21H23N5O2/c1-15-6-7-18(23-13-15)21(28)8-11-25(12-9-21)20(27)17-14-24-26(16(17)2)19-5-3-4-10-22-19/h3-7,10,13-14,28H,8-9,11-12H2,1-2H3. The molecule has 3 aromatic heterocycles. The minimum absolute atomic E-state index is 0.0707.